The molecule has 6 nitrogen and oxygen atoms in total. The lowest BCUT2D eigenvalue weighted by molar-refractivity contribution is -0.115. The molecule has 0 bridgehead atoms. The molecule has 0 aliphatic heterocycles. The Balaban J connectivity index is 1.73. The van der Waals surface area contributed by atoms with E-state index in [-0.39, 0.29) is 16.9 Å². The number of thiocarbonyl (C=S) groups is 1. The zero-order chi connectivity index (χ0) is 20.4. The van der Waals surface area contributed by atoms with Gasteiger partial charge in [0.25, 0.3) is 5.91 Å². The van der Waals surface area contributed by atoms with Crippen LogP contribution in [0.4, 0.5) is 0 Å². The van der Waals surface area contributed by atoms with E-state index in [2.05, 4.69) is 30.0 Å². The number of hydrogen-bond acceptors (Lipinski definition) is 5. The fourth-order valence-electron chi connectivity index (χ4n) is 2.03. The van der Waals surface area contributed by atoms with Gasteiger partial charge >= 0.3 is 0 Å². The van der Waals surface area contributed by atoms with Crippen LogP contribution >= 0.6 is 23.6 Å². The molecule has 0 atom stereocenters. The minimum absolute atomic E-state index is 0.00261. The Bertz CT molecular complexity index is 816. The third-order valence-electron chi connectivity index (χ3n) is 3.55. The number of amides is 2. The summed E-state index contributed by atoms with van der Waals surface area (Å²) in [7, 11) is 0. The molecule has 2 rings (SSSR count). The predicted octanol–water partition coefficient (Wildman–Crippen LogP) is 3.52. The molecule has 0 aliphatic rings. The van der Waals surface area contributed by atoms with Gasteiger partial charge in [-0.1, -0.05) is 19.9 Å². The number of rotatable bonds is 7. The maximum Gasteiger partial charge on any atom is 0.269 e. The number of carbonyl (C=O) groups is 2. The molecular formula is C20H23N3O3S2. The lowest BCUT2D eigenvalue weighted by Gasteiger charge is -2.11. The van der Waals surface area contributed by atoms with Gasteiger partial charge in [-0.15, -0.1) is 11.3 Å². The minimum atomic E-state index is -0.386. The molecule has 0 saturated heterocycles. The second-order valence-electron chi connectivity index (χ2n) is 6.30. The number of ether oxygens (including phenoxy) is 1. The monoisotopic (exact) mass is 417 g/mol. The van der Waals surface area contributed by atoms with Crippen LogP contribution in [0.25, 0.3) is 6.08 Å². The molecule has 0 spiro atoms. The van der Waals surface area contributed by atoms with Gasteiger partial charge in [-0.25, -0.2) is 0 Å². The van der Waals surface area contributed by atoms with Crippen LogP contribution in [0.1, 0.15) is 35.5 Å². The number of nitrogens with one attached hydrogen (secondary N) is 3. The first kappa shape index (κ1) is 21.6. The molecule has 148 valence electrons. The first-order chi connectivity index (χ1) is 13.4. The van der Waals surface area contributed by atoms with Crippen LogP contribution < -0.4 is 20.9 Å². The van der Waals surface area contributed by atoms with Gasteiger partial charge in [0, 0.05) is 16.5 Å². The summed E-state index contributed by atoms with van der Waals surface area (Å²) >= 11 is 6.51. The topological polar surface area (TPSA) is 79.5 Å². The van der Waals surface area contributed by atoms with E-state index in [1.165, 1.54) is 17.4 Å². The summed E-state index contributed by atoms with van der Waals surface area (Å²) in [5.74, 6) is 0.527. The quantitative estimate of drug-likeness (QED) is 0.365. The van der Waals surface area contributed by atoms with Crippen molar-refractivity contribution in [3.05, 3.63) is 58.3 Å². The number of thiophene rings is 1. The average Bonchev–Trinajstić information content (AvgIpc) is 3.18. The molecule has 0 fully saturated rings. The normalized spacial score (nSPS) is 10.7. The molecule has 0 aliphatic carbocycles. The van der Waals surface area contributed by atoms with E-state index in [0.717, 1.165) is 11.3 Å². The third kappa shape index (κ3) is 7.89. The molecule has 0 radical (unpaired) electrons. The summed E-state index contributed by atoms with van der Waals surface area (Å²) in [6, 6.07) is 10.6. The van der Waals surface area contributed by atoms with Crippen LogP contribution in [0.15, 0.2) is 47.9 Å². The third-order valence-corrected chi connectivity index (χ3v) is 4.59. The highest BCUT2D eigenvalue weighted by atomic mass is 32.1. The SMILES string of the molecule is CC(C)CCOc1ccc(C(=O)NNC(=S)NC(=O)/C=C/c2cccs2)cc1. The molecule has 0 unspecified atom stereocenters. The maximum absolute atomic E-state index is 12.1. The number of carbonyl (C=O) groups excluding carboxylic acids is 2. The Hall–Kier alpha value is -2.71. The van der Waals surface area contributed by atoms with Crippen LogP contribution in [-0.2, 0) is 4.79 Å². The average molecular weight is 418 g/mol. The van der Waals surface area contributed by atoms with Crippen molar-refractivity contribution in [3.63, 3.8) is 0 Å². The van der Waals surface area contributed by atoms with Crippen molar-refractivity contribution < 1.29 is 14.3 Å². The van der Waals surface area contributed by atoms with E-state index in [4.69, 9.17) is 17.0 Å². The Morgan fingerprint density at radius 1 is 1.18 bits per heavy atom. The Labute approximate surface area is 174 Å². The van der Waals surface area contributed by atoms with Crippen molar-refractivity contribution >= 4 is 46.6 Å². The van der Waals surface area contributed by atoms with Gasteiger partial charge in [0.05, 0.1) is 6.61 Å². The summed E-state index contributed by atoms with van der Waals surface area (Å²) in [6.45, 7) is 4.91. The van der Waals surface area contributed by atoms with Crippen molar-refractivity contribution in [3.8, 4) is 5.75 Å². The molecule has 0 saturated carbocycles. The molecule has 2 amide bonds. The van der Waals surface area contributed by atoms with Crippen LogP contribution in [0, 0.1) is 5.92 Å². The summed E-state index contributed by atoms with van der Waals surface area (Å²) in [6.07, 6.45) is 4.03. The second-order valence-corrected chi connectivity index (χ2v) is 7.69. The van der Waals surface area contributed by atoms with Crippen molar-refractivity contribution in [2.75, 3.05) is 6.61 Å². The largest absolute Gasteiger partial charge is 0.494 e. The van der Waals surface area contributed by atoms with Crippen molar-refractivity contribution in [2.45, 2.75) is 20.3 Å². The molecule has 1 heterocycles. The van der Waals surface area contributed by atoms with Crippen molar-refractivity contribution in [1.82, 2.24) is 16.2 Å². The van der Waals surface area contributed by atoms with E-state index in [1.807, 2.05) is 17.5 Å². The standard InChI is InChI=1S/C20H23N3O3S2/c1-14(2)11-12-26-16-7-5-15(6-8-16)19(25)22-23-20(27)21-18(24)10-9-17-4-3-13-28-17/h3-10,13-14H,11-12H2,1-2H3,(H,22,25)(H2,21,23,24,27)/b10-9+. The molecule has 28 heavy (non-hydrogen) atoms. The van der Waals surface area contributed by atoms with Gasteiger partial charge in [0.15, 0.2) is 5.11 Å². The van der Waals surface area contributed by atoms with E-state index < -0.39 is 0 Å². The highest BCUT2D eigenvalue weighted by Crippen LogP contribution is 2.13. The van der Waals surface area contributed by atoms with Gasteiger partial charge in [-0.05, 0) is 66.3 Å². The zero-order valence-electron chi connectivity index (χ0n) is 15.7. The Morgan fingerprint density at radius 2 is 1.93 bits per heavy atom. The van der Waals surface area contributed by atoms with E-state index in [1.54, 1.807) is 30.3 Å². The zero-order valence-corrected chi connectivity index (χ0v) is 17.4. The molecule has 8 heteroatoms. The van der Waals surface area contributed by atoms with Gasteiger partial charge < -0.3 is 4.74 Å². The van der Waals surface area contributed by atoms with Crippen LogP contribution in [0.5, 0.6) is 5.75 Å². The van der Waals surface area contributed by atoms with E-state index >= 15 is 0 Å². The summed E-state index contributed by atoms with van der Waals surface area (Å²) in [4.78, 5) is 24.9. The number of hydrogen-bond donors (Lipinski definition) is 3. The lowest BCUT2D eigenvalue weighted by Crippen LogP contribution is -2.48. The first-order valence-corrected chi connectivity index (χ1v) is 10.1. The number of hydrazine groups is 1. The summed E-state index contributed by atoms with van der Waals surface area (Å²) in [5.41, 5.74) is 5.39. The Kier molecular flexibility index (Phi) is 8.64. The molecule has 3 N–H and O–H groups in total. The molecule has 1 aromatic heterocycles. The lowest BCUT2D eigenvalue weighted by atomic mass is 10.1. The minimum Gasteiger partial charge on any atom is -0.494 e. The Morgan fingerprint density at radius 3 is 2.57 bits per heavy atom. The number of benzene rings is 1. The summed E-state index contributed by atoms with van der Waals surface area (Å²) < 4.78 is 5.62. The van der Waals surface area contributed by atoms with Gasteiger partial charge in [0.1, 0.15) is 5.75 Å². The predicted molar refractivity (Wildman–Crippen MR) is 116 cm³/mol. The van der Waals surface area contributed by atoms with Gasteiger partial charge in [0.2, 0.25) is 5.91 Å². The van der Waals surface area contributed by atoms with E-state index in [9.17, 15) is 9.59 Å². The van der Waals surface area contributed by atoms with Crippen molar-refractivity contribution in [2.24, 2.45) is 5.92 Å². The highest BCUT2D eigenvalue weighted by Gasteiger charge is 2.07. The van der Waals surface area contributed by atoms with Crippen molar-refractivity contribution in [1.29, 1.82) is 0 Å². The molecular weight excluding hydrogens is 394 g/mol. The fourth-order valence-corrected chi connectivity index (χ4v) is 2.80. The second kappa shape index (κ2) is 11.2. The highest BCUT2D eigenvalue weighted by molar-refractivity contribution is 7.80. The molecule has 2 aromatic rings. The van der Waals surface area contributed by atoms with Crippen LogP contribution in [0.2, 0.25) is 0 Å². The maximum atomic E-state index is 12.1. The van der Waals surface area contributed by atoms with Gasteiger partial charge in [-0.3, -0.25) is 25.8 Å². The van der Waals surface area contributed by atoms with Crippen LogP contribution in [-0.4, -0.2) is 23.5 Å². The van der Waals surface area contributed by atoms with E-state index in [0.29, 0.717) is 23.8 Å². The fraction of sp³-hybridized carbons (Fsp3) is 0.250. The first-order valence-electron chi connectivity index (χ1n) is 8.80. The summed E-state index contributed by atoms with van der Waals surface area (Å²) in [5, 5.41) is 4.38. The van der Waals surface area contributed by atoms with Gasteiger partial charge in [-0.2, -0.15) is 0 Å². The smallest absolute Gasteiger partial charge is 0.269 e. The van der Waals surface area contributed by atoms with Crippen LogP contribution in [0.3, 0.4) is 0 Å². The molecule has 1 aromatic carbocycles.